The zero-order valence-electron chi connectivity index (χ0n) is 23.4. The number of anilines is 4. The summed E-state index contributed by atoms with van der Waals surface area (Å²) in [5.74, 6) is 1.93. The van der Waals surface area contributed by atoms with E-state index in [2.05, 4.69) is 56.6 Å². The monoisotopic (exact) mass is 560 g/mol. The van der Waals surface area contributed by atoms with Gasteiger partial charge in [-0.15, -0.1) is 11.3 Å². The first-order valence-corrected chi connectivity index (χ1v) is 14.3. The Morgan fingerprint density at radius 1 is 1.07 bits per heavy atom. The van der Waals surface area contributed by atoms with E-state index < -0.39 is 0 Å². The highest BCUT2D eigenvalue weighted by Gasteiger charge is 2.19. The van der Waals surface area contributed by atoms with Crippen molar-refractivity contribution < 1.29 is 9.53 Å². The van der Waals surface area contributed by atoms with Gasteiger partial charge in [-0.25, -0.2) is 15.0 Å². The van der Waals surface area contributed by atoms with Crippen LogP contribution in [0.25, 0.3) is 5.82 Å². The van der Waals surface area contributed by atoms with Crippen molar-refractivity contribution in [2.75, 3.05) is 55.3 Å². The van der Waals surface area contributed by atoms with Gasteiger partial charge in [-0.3, -0.25) is 14.3 Å². The van der Waals surface area contributed by atoms with E-state index in [-0.39, 0.29) is 11.3 Å². The van der Waals surface area contributed by atoms with Crippen LogP contribution in [0.2, 0.25) is 0 Å². The summed E-state index contributed by atoms with van der Waals surface area (Å²) in [6.07, 6.45) is 5.13. The molecule has 1 aromatic carbocycles. The summed E-state index contributed by atoms with van der Waals surface area (Å²) in [7, 11) is 0. The molecule has 3 aromatic heterocycles. The Hall–Kier alpha value is -3.80. The first kappa shape index (κ1) is 27.8. The van der Waals surface area contributed by atoms with Crippen LogP contribution in [0.15, 0.2) is 55.1 Å². The van der Waals surface area contributed by atoms with Crippen LogP contribution in [0.4, 0.5) is 23.1 Å². The van der Waals surface area contributed by atoms with E-state index in [0.29, 0.717) is 22.3 Å². The molecule has 1 fully saturated rings. The van der Waals surface area contributed by atoms with Gasteiger partial charge in [0.1, 0.15) is 18.0 Å². The Balaban J connectivity index is 1.26. The number of carbonyl (C=O) groups is 1. The van der Waals surface area contributed by atoms with E-state index in [0.717, 1.165) is 56.5 Å². The molecule has 1 amide bonds. The Morgan fingerprint density at radius 2 is 1.90 bits per heavy atom. The van der Waals surface area contributed by atoms with Gasteiger partial charge in [-0.1, -0.05) is 26.8 Å². The average Bonchev–Trinajstić information content (AvgIpc) is 3.62. The minimum atomic E-state index is -0.119. The highest BCUT2D eigenvalue weighted by Crippen LogP contribution is 2.30. The number of aromatic nitrogens is 4. The molecule has 4 aromatic rings. The van der Waals surface area contributed by atoms with E-state index in [9.17, 15) is 4.79 Å². The Labute approximate surface area is 238 Å². The number of morpholine rings is 1. The third kappa shape index (κ3) is 6.85. The lowest BCUT2D eigenvalue weighted by Crippen LogP contribution is -2.39. The number of rotatable bonds is 9. The highest BCUT2D eigenvalue weighted by molar-refractivity contribution is 7.14. The number of benzene rings is 1. The van der Waals surface area contributed by atoms with Gasteiger partial charge in [0.05, 0.1) is 18.1 Å². The summed E-state index contributed by atoms with van der Waals surface area (Å²) in [5.41, 5.74) is 2.57. The molecule has 0 radical (unpaired) electrons. The van der Waals surface area contributed by atoms with Crippen LogP contribution in [0.3, 0.4) is 0 Å². The maximum atomic E-state index is 12.9. The summed E-state index contributed by atoms with van der Waals surface area (Å²) < 4.78 is 7.29. The van der Waals surface area contributed by atoms with Crippen LogP contribution in [0.5, 0.6) is 0 Å². The Kier molecular flexibility index (Phi) is 8.43. The van der Waals surface area contributed by atoms with Crippen molar-refractivity contribution in [1.82, 2.24) is 24.4 Å². The van der Waals surface area contributed by atoms with Crippen molar-refractivity contribution in [1.29, 1.82) is 0 Å². The Bertz CT molecular complexity index is 1450. The number of ether oxygens (including phenoxy) is 1. The average molecular weight is 561 g/mol. The number of nitrogens with one attached hydrogen (secondary N) is 3. The summed E-state index contributed by atoms with van der Waals surface area (Å²) in [5, 5.41) is 9.83. The van der Waals surface area contributed by atoms with Crippen molar-refractivity contribution >= 4 is 40.4 Å². The molecule has 1 aliphatic rings. The summed E-state index contributed by atoms with van der Waals surface area (Å²) >= 11 is 1.53. The van der Waals surface area contributed by atoms with Gasteiger partial charge in [-0.05, 0) is 42.2 Å². The smallest absolute Gasteiger partial charge is 0.265 e. The lowest BCUT2D eigenvalue weighted by atomic mass is 9.95. The zero-order valence-corrected chi connectivity index (χ0v) is 24.2. The molecule has 0 aliphatic carbocycles. The normalized spacial score (nSPS) is 14.2. The minimum absolute atomic E-state index is 0.00940. The molecule has 0 atom stereocenters. The van der Waals surface area contributed by atoms with Crippen molar-refractivity contribution in [2.45, 2.75) is 33.1 Å². The quantitative estimate of drug-likeness (QED) is 0.260. The predicted molar refractivity (Wildman–Crippen MR) is 160 cm³/mol. The number of carbonyl (C=O) groups excluding carboxylic acids is 1. The SMILES string of the molecule is Cc1ccc(NC(=O)c2ccc(C(C)(C)C)s2)cc1Nc1nccn1-c1cc(NCCN2CCOCC2)ncn1. The summed E-state index contributed by atoms with van der Waals surface area (Å²) in [6, 6.07) is 11.6. The summed E-state index contributed by atoms with van der Waals surface area (Å²) in [4.78, 5) is 30.5. The second-order valence-corrected chi connectivity index (χ2v) is 11.9. The molecule has 1 aliphatic heterocycles. The van der Waals surface area contributed by atoms with E-state index in [4.69, 9.17) is 4.74 Å². The van der Waals surface area contributed by atoms with Crippen LogP contribution >= 0.6 is 11.3 Å². The van der Waals surface area contributed by atoms with Gasteiger partial charge in [0.15, 0.2) is 0 Å². The topological polar surface area (TPSA) is 109 Å². The van der Waals surface area contributed by atoms with E-state index >= 15 is 0 Å². The maximum absolute atomic E-state index is 12.9. The van der Waals surface area contributed by atoms with E-state index in [1.807, 2.05) is 54.1 Å². The van der Waals surface area contributed by atoms with Crippen LogP contribution in [0.1, 0.15) is 40.9 Å². The second-order valence-electron chi connectivity index (χ2n) is 10.8. The van der Waals surface area contributed by atoms with E-state index in [1.54, 1.807) is 12.5 Å². The molecular formula is C29H36N8O2S. The molecule has 40 heavy (non-hydrogen) atoms. The molecule has 0 unspecified atom stereocenters. The zero-order chi connectivity index (χ0) is 28.1. The van der Waals surface area contributed by atoms with Crippen LogP contribution in [-0.4, -0.2) is 69.7 Å². The van der Waals surface area contributed by atoms with Gasteiger partial charge < -0.3 is 20.7 Å². The largest absolute Gasteiger partial charge is 0.379 e. The number of imidazole rings is 1. The number of thiophene rings is 1. The Morgan fingerprint density at radius 3 is 2.67 bits per heavy atom. The molecule has 1 saturated heterocycles. The molecule has 0 bridgehead atoms. The molecule has 0 spiro atoms. The van der Waals surface area contributed by atoms with Gasteiger partial charge >= 0.3 is 0 Å². The molecule has 10 nitrogen and oxygen atoms in total. The van der Waals surface area contributed by atoms with Crippen LogP contribution in [0, 0.1) is 6.92 Å². The van der Waals surface area contributed by atoms with Crippen LogP contribution < -0.4 is 16.0 Å². The third-order valence-electron chi connectivity index (χ3n) is 6.69. The van der Waals surface area contributed by atoms with Crippen molar-refractivity contribution in [3.8, 4) is 5.82 Å². The molecular weight excluding hydrogens is 524 g/mol. The number of aryl methyl sites for hydroxylation is 1. The minimum Gasteiger partial charge on any atom is -0.379 e. The standard InChI is InChI=1S/C29H36N8O2S/c1-20-5-6-21(34-27(38)23-7-8-24(40-23)29(2,3)4)17-22(20)35-28-31-10-12-37(28)26-18-25(32-19-33-26)30-9-11-36-13-15-39-16-14-36/h5-8,10,12,17-19H,9,11,13-16H2,1-4H3,(H,31,35)(H,34,38)(H,30,32,33). The number of hydrogen-bond donors (Lipinski definition) is 3. The molecule has 4 heterocycles. The number of hydrogen-bond acceptors (Lipinski definition) is 9. The van der Waals surface area contributed by atoms with Gasteiger partial charge in [0.2, 0.25) is 5.95 Å². The van der Waals surface area contributed by atoms with Gasteiger partial charge in [0, 0.05) is 60.9 Å². The highest BCUT2D eigenvalue weighted by atomic mass is 32.1. The summed E-state index contributed by atoms with van der Waals surface area (Å²) in [6.45, 7) is 13.6. The van der Waals surface area contributed by atoms with Crippen molar-refractivity contribution in [3.05, 3.63) is 70.4 Å². The molecule has 0 saturated carbocycles. The fourth-order valence-electron chi connectivity index (χ4n) is 4.33. The first-order chi connectivity index (χ1) is 19.3. The maximum Gasteiger partial charge on any atom is 0.265 e. The number of amides is 1. The molecule has 3 N–H and O–H groups in total. The van der Waals surface area contributed by atoms with Crippen LogP contribution in [-0.2, 0) is 10.2 Å². The lowest BCUT2D eigenvalue weighted by Gasteiger charge is -2.26. The molecule has 11 heteroatoms. The van der Waals surface area contributed by atoms with Gasteiger partial charge in [0.25, 0.3) is 5.91 Å². The fraction of sp³-hybridized carbons (Fsp3) is 0.379. The first-order valence-electron chi connectivity index (χ1n) is 13.5. The number of nitrogens with zero attached hydrogens (tertiary/aromatic N) is 5. The van der Waals surface area contributed by atoms with Gasteiger partial charge in [-0.2, -0.15) is 0 Å². The van der Waals surface area contributed by atoms with Crippen molar-refractivity contribution in [3.63, 3.8) is 0 Å². The molecule has 5 rings (SSSR count). The van der Waals surface area contributed by atoms with Crippen molar-refractivity contribution in [2.24, 2.45) is 0 Å². The predicted octanol–water partition coefficient (Wildman–Crippen LogP) is 5.07. The second kappa shape index (κ2) is 12.2. The molecule has 210 valence electrons. The van der Waals surface area contributed by atoms with E-state index in [1.165, 1.54) is 16.2 Å². The lowest BCUT2D eigenvalue weighted by molar-refractivity contribution is 0.0398. The fourth-order valence-corrected chi connectivity index (χ4v) is 5.29. The third-order valence-corrected chi connectivity index (χ3v) is 8.20.